The third-order valence-electron chi connectivity index (χ3n) is 3.31. The summed E-state index contributed by atoms with van der Waals surface area (Å²) in [6, 6.07) is 2.27. The molecule has 0 atom stereocenters. The van der Waals surface area contributed by atoms with Crippen molar-refractivity contribution >= 4 is 5.69 Å². The maximum absolute atomic E-state index is 13.9. The van der Waals surface area contributed by atoms with Gasteiger partial charge in [-0.2, -0.15) is 0 Å². The number of hydrogen-bond donors (Lipinski definition) is 1. The van der Waals surface area contributed by atoms with Gasteiger partial charge in [-0.15, -0.1) is 0 Å². The van der Waals surface area contributed by atoms with Gasteiger partial charge in [-0.25, -0.2) is 13.8 Å². The second-order valence-corrected chi connectivity index (χ2v) is 4.55. The molecule has 1 heterocycles. The first-order valence-electron chi connectivity index (χ1n) is 5.97. The molecule has 0 fully saturated rings. The number of aromatic nitrogens is 2. The van der Waals surface area contributed by atoms with Crippen LogP contribution < -0.4 is 5.73 Å². The van der Waals surface area contributed by atoms with Crippen molar-refractivity contribution in [3.8, 4) is 5.69 Å². The standard InChI is InChI=1S/C13H13F2N3/c14-9-5-8(16)6-10(15)13(9)18-7-17-11-3-1-2-4-12(11)18/h5-7H,1-4,16H2. The van der Waals surface area contributed by atoms with Crippen LogP contribution in [0, 0.1) is 11.6 Å². The summed E-state index contributed by atoms with van der Waals surface area (Å²) in [6.07, 6.45) is 5.28. The zero-order chi connectivity index (χ0) is 12.7. The number of benzene rings is 1. The molecule has 0 amide bonds. The average Bonchev–Trinajstić information content (AvgIpc) is 2.72. The van der Waals surface area contributed by atoms with Gasteiger partial charge in [-0.3, -0.25) is 4.57 Å². The van der Waals surface area contributed by atoms with Crippen molar-refractivity contribution < 1.29 is 8.78 Å². The normalized spacial score (nSPS) is 14.6. The van der Waals surface area contributed by atoms with Crippen molar-refractivity contribution in [1.29, 1.82) is 0 Å². The second kappa shape index (κ2) is 4.08. The predicted molar refractivity (Wildman–Crippen MR) is 64.5 cm³/mol. The lowest BCUT2D eigenvalue weighted by Crippen LogP contribution is -2.10. The fourth-order valence-electron chi connectivity index (χ4n) is 2.48. The van der Waals surface area contributed by atoms with Gasteiger partial charge in [0.15, 0.2) is 11.6 Å². The third-order valence-corrected chi connectivity index (χ3v) is 3.31. The third kappa shape index (κ3) is 1.66. The number of nitrogens with two attached hydrogens (primary N) is 1. The number of hydrogen-bond acceptors (Lipinski definition) is 2. The lowest BCUT2D eigenvalue weighted by molar-refractivity contribution is 0.563. The number of anilines is 1. The number of fused-ring (bicyclic) bond motifs is 1. The van der Waals surface area contributed by atoms with Gasteiger partial charge >= 0.3 is 0 Å². The average molecular weight is 249 g/mol. The van der Waals surface area contributed by atoms with Crippen LogP contribution in [0.1, 0.15) is 24.2 Å². The van der Waals surface area contributed by atoms with Gasteiger partial charge in [0.1, 0.15) is 5.69 Å². The Bertz CT molecular complexity index is 581. The number of aryl methyl sites for hydroxylation is 1. The minimum atomic E-state index is -0.654. The molecule has 5 heteroatoms. The number of imidazole rings is 1. The van der Waals surface area contributed by atoms with Crippen molar-refractivity contribution in [2.45, 2.75) is 25.7 Å². The molecule has 18 heavy (non-hydrogen) atoms. The molecule has 3 rings (SSSR count). The summed E-state index contributed by atoms with van der Waals surface area (Å²) in [6.45, 7) is 0. The van der Waals surface area contributed by atoms with E-state index in [2.05, 4.69) is 4.98 Å². The first-order valence-corrected chi connectivity index (χ1v) is 5.97. The van der Waals surface area contributed by atoms with E-state index in [1.807, 2.05) is 0 Å². The quantitative estimate of drug-likeness (QED) is 0.789. The van der Waals surface area contributed by atoms with Gasteiger partial charge in [-0.05, 0) is 37.8 Å². The van der Waals surface area contributed by atoms with E-state index in [-0.39, 0.29) is 11.4 Å². The van der Waals surface area contributed by atoms with Gasteiger partial charge in [0.05, 0.1) is 12.0 Å². The Labute approximate surface area is 103 Å². The summed E-state index contributed by atoms with van der Waals surface area (Å²) in [7, 11) is 0. The molecule has 1 aliphatic carbocycles. The zero-order valence-corrected chi connectivity index (χ0v) is 9.79. The molecule has 2 aromatic rings. The van der Waals surface area contributed by atoms with Crippen molar-refractivity contribution in [3.63, 3.8) is 0 Å². The first kappa shape index (κ1) is 11.2. The highest BCUT2D eigenvalue weighted by molar-refractivity contribution is 5.48. The molecule has 3 nitrogen and oxygen atoms in total. The smallest absolute Gasteiger partial charge is 0.152 e. The van der Waals surface area contributed by atoms with E-state index < -0.39 is 11.6 Å². The fourth-order valence-corrected chi connectivity index (χ4v) is 2.48. The Kier molecular flexibility index (Phi) is 2.54. The molecule has 2 N–H and O–H groups in total. The number of rotatable bonds is 1. The Balaban J connectivity index is 2.18. The maximum atomic E-state index is 13.9. The molecule has 0 saturated heterocycles. The molecule has 0 radical (unpaired) electrons. The van der Waals surface area contributed by atoms with Crippen LogP contribution in [0.15, 0.2) is 18.5 Å². The molecular weight excluding hydrogens is 236 g/mol. The minimum Gasteiger partial charge on any atom is -0.399 e. The first-order chi connectivity index (χ1) is 8.66. The van der Waals surface area contributed by atoms with Crippen molar-refractivity contribution in [2.24, 2.45) is 0 Å². The summed E-state index contributed by atoms with van der Waals surface area (Å²) in [5, 5.41) is 0. The van der Waals surface area contributed by atoms with Gasteiger partial charge < -0.3 is 5.73 Å². The van der Waals surface area contributed by atoms with E-state index in [1.165, 1.54) is 10.9 Å². The van der Waals surface area contributed by atoms with E-state index in [0.717, 1.165) is 49.2 Å². The highest BCUT2D eigenvalue weighted by Gasteiger charge is 2.20. The van der Waals surface area contributed by atoms with Crippen LogP contribution in [0.5, 0.6) is 0 Å². The van der Waals surface area contributed by atoms with Crippen LogP contribution in [0.4, 0.5) is 14.5 Å². The zero-order valence-electron chi connectivity index (χ0n) is 9.79. The molecule has 0 spiro atoms. The topological polar surface area (TPSA) is 43.8 Å². The Morgan fingerprint density at radius 2 is 1.78 bits per heavy atom. The van der Waals surface area contributed by atoms with Crippen LogP contribution in [0.25, 0.3) is 5.69 Å². The Morgan fingerprint density at radius 3 is 2.50 bits per heavy atom. The maximum Gasteiger partial charge on any atom is 0.152 e. The van der Waals surface area contributed by atoms with E-state index >= 15 is 0 Å². The van der Waals surface area contributed by atoms with Crippen LogP contribution in [0.2, 0.25) is 0 Å². The van der Waals surface area contributed by atoms with E-state index in [1.54, 1.807) is 0 Å². The molecular formula is C13H13F2N3. The van der Waals surface area contributed by atoms with Crippen LogP contribution >= 0.6 is 0 Å². The summed E-state index contributed by atoms with van der Waals surface area (Å²) < 4.78 is 29.3. The van der Waals surface area contributed by atoms with Gasteiger partial charge in [0, 0.05) is 11.4 Å². The summed E-state index contributed by atoms with van der Waals surface area (Å²) in [4.78, 5) is 4.24. The molecule has 1 aromatic heterocycles. The summed E-state index contributed by atoms with van der Waals surface area (Å²) >= 11 is 0. The van der Waals surface area contributed by atoms with Crippen LogP contribution in [-0.2, 0) is 12.8 Å². The lowest BCUT2D eigenvalue weighted by atomic mass is 10.0. The SMILES string of the molecule is Nc1cc(F)c(-n2cnc3c2CCCC3)c(F)c1. The number of halogens is 2. The van der Waals surface area contributed by atoms with Crippen LogP contribution in [0.3, 0.4) is 0 Å². The van der Waals surface area contributed by atoms with Gasteiger partial charge in [0.2, 0.25) is 0 Å². The Morgan fingerprint density at radius 1 is 1.11 bits per heavy atom. The van der Waals surface area contributed by atoms with Crippen molar-refractivity contribution in [3.05, 3.63) is 41.5 Å². The molecule has 0 unspecified atom stereocenters. The molecule has 1 aromatic carbocycles. The van der Waals surface area contributed by atoms with Crippen molar-refractivity contribution in [2.75, 3.05) is 5.73 Å². The molecule has 94 valence electrons. The minimum absolute atomic E-state index is 0.0835. The predicted octanol–water partition coefficient (Wildman–Crippen LogP) is 2.61. The molecule has 1 aliphatic rings. The highest BCUT2D eigenvalue weighted by atomic mass is 19.1. The van der Waals surface area contributed by atoms with Gasteiger partial charge in [0.25, 0.3) is 0 Å². The Hall–Kier alpha value is -1.91. The second-order valence-electron chi connectivity index (χ2n) is 4.55. The van der Waals surface area contributed by atoms with E-state index in [9.17, 15) is 8.78 Å². The fraction of sp³-hybridized carbons (Fsp3) is 0.308. The molecule has 0 aliphatic heterocycles. The highest BCUT2D eigenvalue weighted by Crippen LogP contribution is 2.27. The lowest BCUT2D eigenvalue weighted by Gasteiger charge is -2.15. The monoisotopic (exact) mass is 249 g/mol. The van der Waals surface area contributed by atoms with E-state index in [0.29, 0.717) is 0 Å². The van der Waals surface area contributed by atoms with E-state index in [4.69, 9.17) is 5.73 Å². The summed E-state index contributed by atoms with van der Waals surface area (Å²) in [5.41, 5.74) is 7.26. The molecule has 0 bridgehead atoms. The van der Waals surface area contributed by atoms with Gasteiger partial charge in [-0.1, -0.05) is 0 Å². The number of nitrogens with zero attached hydrogens (tertiary/aromatic N) is 2. The van der Waals surface area contributed by atoms with Crippen LogP contribution in [-0.4, -0.2) is 9.55 Å². The van der Waals surface area contributed by atoms with Crippen molar-refractivity contribution in [1.82, 2.24) is 9.55 Å². The largest absolute Gasteiger partial charge is 0.399 e. The molecule has 0 saturated carbocycles. The summed E-state index contributed by atoms with van der Waals surface area (Å²) in [5.74, 6) is -1.31. The number of nitrogen functional groups attached to an aromatic ring is 1.